The van der Waals surface area contributed by atoms with Gasteiger partial charge < -0.3 is 15.8 Å². The molecule has 0 radical (unpaired) electrons. The highest BCUT2D eigenvalue weighted by Crippen LogP contribution is 2.28. The summed E-state index contributed by atoms with van der Waals surface area (Å²) in [4.78, 5) is 24.6. The largest absolute Gasteiger partial charge is 0.467 e. The van der Waals surface area contributed by atoms with Crippen molar-refractivity contribution in [1.29, 1.82) is 0 Å². The Morgan fingerprint density at radius 1 is 1.13 bits per heavy atom. The van der Waals surface area contributed by atoms with Crippen LogP contribution in [0, 0.1) is 0 Å². The molecule has 0 heterocycles. The molecule has 3 N–H and O–H groups in total. The van der Waals surface area contributed by atoms with E-state index in [4.69, 9.17) is 10.5 Å². The maximum atomic E-state index is 12.4. The Morgan fingerprint density at radius 3 is 2.22 bits per heavy atom. The first-order chi connectivity index (χ1) is 10.6. The Morgan fingerprint density at radius 2 is 1.70 bits per heavy atom. The van der Waals surface area contributed by atoms with E-state index in [-0.39, 0.29) is 30.7 Å². The lowest BCUT2D eigenvalue weighted by Crippen LogP contribution is -2.55. The minimum absolute atomic E-state index is 0. The molecule has 1 aliphatic rings. The summed E-state index contributed by atoms with van der Waals surface area (Å²) in [5, 5.41) is 2.94. The number of methoxy groups -OCH3 is 1. The van der Waals surface area contributed by atoms with Gasteiger partial charge in [0, 0.05) is 5.69 Å². The third-order valence-electron chi connectivity index (χ3n) is 4.26. The van der Waals surface area contributed by atoms with E-state index in [1.54, 1.807) is 12.1 Å². The number of nitrogens with two attached hydrogens (primary N) is 1. The number of benzene rings is 1. The average molecular weight is 341 g/mol. The molecule has 0 spiro atoms. The Kier molecular flexibility index (Phi) is 7.36. The van der Waals surface area contributed by atoms with Crippen LogP contribution in [0.4, 0.5) is 5.69 Å². The van der Waals surface area contributed by atoms with Crippen molar-refractivity contribution in [1.82, 2.24) is 5.32 Å². The molecule has 1 fully saturated rings. The van der Waals surface area contributed by atoms with E-state index < -0.39 is 5.54 Å². The van der Waals surface area contributed by atoms with Crippen molar-refractivity contribution >= 4 is 30.0 Å². The molecular weight excluding hydrogens is 316 g/mol. The van der Waals surface area contributed by atoms with Crippen LogP contribution >= 0.6 is 12.4 Å². The zero-order valence-electron chi connectivity index (χ0n) is 13.5. The van der Waals surface area contributed by atoms with E-state index >= 15 is 0 Å². The molecule has 5 nitrogen and oxygen atoms in total. The number of esters is 1. The fourth-order valence-corrected chi connectivity index (χ4v) is 3.04. The molecule has 0 aromatic heterocycles. The summed E-state index contributed by atoms with van der Waals surface area (Å²) < 4.78 is 4.95. The normalized spacial score (nSPS) is 16.6. The smallest absolute Gasteiger partial charge is 0.331 e. The molecule has 0 atom stereocenters. The monoisotopic (exact) mass is 340 g/mol. The number of halogens is 1. The van der Waals surface area contributed by atoms with Crippen LogP contribution < -0.4 is 11.1 Å². The standard InChI is InChI=1S/C17H24N2O3.ClH/c1-22-16(21)17(10-4-2-3-5-11-17)19-15(20)12-13-6-8-14(18)9-7-13;/h6-9H,2-5,10-12,18H2,1H3,(H,19,20);1H. The minimum atomic E-state index is -0.865. The summed E-state index contributed by atoms with van der Waals surface area (Å²) in [7, 11) is 1.38. The van der Waals surface area contributed by atoms with Crippen LogP contribution in [0.25, 0.3) is 0 Å². The summed E-state index contributed by atoms with van der Waals surface area (Å²) in [6.45, 7) is 0. The summed E-state index contributed by atoms with van der Waals surface area (Å²) in [6.07, 6.45) is 5.56. The number of ether oxygens (including phenoxy) is 1. The molecule has 1 saturated carbocycles. The Bertz CT molecular complexity index is 523. The molecule has 1 aromatic rings. The maximum Gasteiger partial charge on any atom is 0.331 e. The highest BCUT2D eigenvalue weighted by Gasteiger charge is 2.40. The van der Waals surface area contributed by atoms with Crippen LogP contribution in [0.3, 0.4) is 0 Å². The van der Waals surface area contributed by atoms with Gasteiger partial charge >= 0.3 is 5.97 Å². The number of rotatable bonds is 4. The number of nitrogens with one attached hydrogen (secondary N) is 1. The molecule has 2 rings (SSSR count). The van der Waals surface area contributed by atoms with Crippen molar-refractivity contribution in [2.24, 2.45) is 0 Å². The second-order valence-electron chi connectivity index (χ2n) is 5.95. The Labute approximate surface area is 143 Å². The maximum absolute atomic E-state index is 12.4. The molecule has 0 aliphatic heterocycles. The predicted molar refractivity (Wildman–Crippen MR) is 92.4 cm³/mol. The topological polar surface area (TPSA) is 81.4 Å². The number of anilines is 1. The van der Waals surface area contributed by atoms with Gasteiger partial charge in [-0.3, -0.25) is 4.79 Å². The van der Waals surface area contributed by atoms with Crippen molar-refractivity contribution in [3.63, 3.8) is 0 Å². The van der Waals surface area contributed by atoms with Crippen molar-refractivity contribution in [2.45, 2.75) is 50.5 Å². The van der Waals surface area contributed by atoms with Gasteiger partial charge in [0.1, 0.15) is 5.54 Å². The number of amides is 1. The number of nitrogen functional groups attached to an aromatic ring is 1. The predicted octanol–water partition coefficient (Wildman–Crippen LogP) is 2.62. The molecule has 23 heavy (non-hydrogen) atoms. The van der Waals surface area contributed by atoms with Crippen molar-refractivity contribution < 1.29 is 14.3 Å². The lowest BCUT2D eigenvalue weighted by atomic mass is 9.89. The van der Waals surface area contributed by atoms with E-state index in [1.165, 1.54) is 7.11 Å². The quantitative estimate of drug-likeness (QED) is 0.501. The van der Waals surface area contributed by atoms with E-state index in [0.29, 0.717) is 18.5 Å². The molecule has 0 saturated heterocycles. The van der Waals surface area contributed by atoms with Crippen LogP contribution in [0.2, 0.25) is 0 Å². The summed E-state index contributed by atoms with van der Waals surface area (Å²) >= 11 is 0. The van der Waals surface area contributed by atoms with Crippen molar-refractivity contribution in [3.05, 3.63) is 29.8 Å². The summed E-state index contributed by atoms with van der Waals surface area (Å²) in [5.41, 5.74) is 6.32. The highest BCUT2D eigenvalue weighted by molar-refractivity contribution is 5.89. The van der Waals surface area contributed by atoms with Gasteiger partial charge in [0.2, 0.25) is 5.91 Å². The van der Waals surface area contributed by atoms with Gasteiger partial charge in [0.05, 0.1) is 13.5 Å². The van der Waals surface area contributed by atoms with Gasteiger partial charge in [0.15, 0.2) is 0 Å². The SMILES string of the molecule is COC(=O)C1(NC(=O)Cc2ccc(N)cc2)CCCCCC1.Cl. The molecule has 128 valence electrons. The number of carbonyl (C=O) groups excluding carboxylic acids is 2. The van der Waals surface area contributed by atoms with Crippen LogP contribution in [0.5, 0.6) is 0 Å². The van der Waals surface area contributed by atoms with Crippen LogP contribution in [-0.2, 0) is 20.7 Å². The first-order valence-electron chi connectivity index (χ1n) is 7.79. The fraction of sp³-hybridized carbons (Fsp3) is 0.529. The van der Waals surface area contributed by atoms with Gasteiger partial charge in [-0.1, -0.05) is 37.8 Å². The fourth-order valence-electron chi connectivity index (χ4n) is 3.04. The lowest BCUT2D eigenvalue weighted by molar-refractivity contribution is -0.151. The van der Waals surface area contributed by atoms with Crippen LogP contribution in [0.1, 0.15) is 44.1 Å². The van der Waals surface area contributed by atoms with Crippen molar-refractivity contribution in [2.75, 3.05) is 12.8 Å². The molecule has 0 unspecified atom stereocenters. The van der Waals surface area contributed by atoms with E-state index in [2.05, 4.69) is 5.32 Å². The molecule has 6 heteroatoms. The third kappa shape index (κ3) is 5.13. The molecule has 0 bridgehead atoms. The first kappa shape index (κ1) is 19.3. The lowest BCUT2D eigenvalue weighted by Gasteiger charge is -2.31. The molecule has 1 aliphatic carbocycles. The second kappa shape index (κ2) is 8.77. The van der Waals surface area contributed by atoms with Gasteiger partial charge in [-0.05, 0) is 30.5 Å². The number of carbonyl (C=O) groups is 2. The summed E-state index contributed by atoms with van der Waals surface area (Å²) in [5.74, 6) is -0.489. The summed E-state index contributed by atoms with van der Waals surface area (Å²) in [6, 6.07) is 7.19. The minimum Gasteiger partial charge on any atom is -0.467 e. The second-order valence-corrected chi connectivity index (χ2v) is 5.95. The van der Waals surface area contributed by atoms with Gasteiger partial charge in [-0.25, -0.2) is 4.79 Å². The van der Waals surface area contributed by atoms with Crippen LogP contribution in [0.15, 0.2) is 24.3 Å². The first-order valence-corrected chi connectivity index (χ1v) is 7.79. The average Bonchev–Trinajstić information content (AvgIpc) is 2.75. The number of hydrogen-bond donors (Lipinski definition) is 2. The Balaban J connectivity index is 0.00000264. The Hall–Kier alpha value is -1.75. The van der Waals surface area contributed by atoms with Crippen molar-refractivity contribution in [3.8, 4) is 0 Å². The molecular formula is C17H25ClN2O3. The van der Waals surface area contributed by atoms with E-state index in [9.17, 15) is 9.59 Å². The molecule has 1 aromatic carbocycles. The van der Waals surface area contributed by atoms with Crippen LogP contribution in [-0.4, -0.2) is 24.5 Å². The zero-order chi connectivity index (χ0) is 16.0. The van der Waals surface area contributed by atoms with Gasteiger partial charge in [-0.2, -0.15) is 0 Å². The molecule has 1 amide bonds. The third-order valence-corrected chi connectivity index (χ3v) is 4.26. The van der Waals surface area contributed by atoms with Gasteiger partial charge in [-0.15, -0.1) is 12.4 Å². The zero-order valence-corrected chi connectivity index (χ0v) is 14.3. The number of hydrogen-bond acceptors (Lipinski definition) is 4. The highest BCUT2D eigenvalue weighted by atomic mass is 35.5. The van der Waals surface area contributed by atoms with E-state index in [0.717, 1.165) is 31.2 Å². The van der Waals surface area contributed by atoms with E-state index in [1.807, 2.05) is 12.1 Å². The van der Waals surface area contributed by atoms with Gasteiger partial charge in [0.25, 0.3) is 0 Å².